The van der Waals surface area contributed by atoms with Gasteiger partial charge in [0.15, 0.2) is 15.8 Å². The smallest absolute Gasteiger partial charge is 0.194 e. The first kappa shape index (κ1) is 24.9. The average molecular weight is 515 g/mol. The highest BCUT2D eigenvalue weighted by Gasteiger charge is 2.41. The van der Waals surface area contributed by atoms with E-state index in [0.29, 0.717) is 25.0 Å². The van der Waals surface area contributed by atoms with Gasteiger partial charge in [-0.1, -0.05) is 13.8 Å². The maximum atomic E-state index is 12.3. The normalized spacial score (nSPS) is 23.9. The highest BCUT2D eigenvalue weighted by atomic mass is 127. The van der Waals surface area contributed by atoms with Gasteiger partial charge in [0.25, 0.3) is 0 Å². The van der Waals surface area contributed by atoms with Gasteiger partial charge in [0.05, 0.1) is 17.0 Å². The van der Waals surface area contributed by atoms with Crippen LogP contribution < -0.4 is 5.32 Å². The predicted molar refractivity (Wildman–Crippen MR) is 125 cm³/mol. The molecule has 1 atom stereocenters. The molecule has 27 heavy (non-hydrogen) atoms. The predicted octanol–water partition coefficient (Wildman–Crippen LogP) is 2.59. The SMILES string of the molecule is CCNC(=NCC(CC(C)C)N1CCCC1)N1CCS(=O)(=O)C(C)(C)C1.I. The molecule has 0 aromatic heterocycles. The summed E-state index contributed by atoms with van der Waals surface area (Å²) >= 11 is 0. The molecule has 0 aromatic rings. The van der Waals surface area contributed by atoms with Gasteiger partial charge in [-0.3, -0.25) is 9.89 Å². The van der Waals surface area contributed by atoms with E-state index in [2.05, 4.69) is 35.9 Å². The number of hydrogen-bond acceptors (Lipinski definition) is 4. The number of halogens is 1. The number of aliphatic imine (C=N–C) groups is 1. The van der Waals surface area contributed by atoms with Crippen molar-refractivity contribution in [1.82, 2.24) is 15.1 Å². The standard InChI is InChI=1S/C19H38N4O2S.HI/c1-6-20-18(23-11-12-26(24,25)19(4,5)15-23)21-14-17(13-16(2)3)22-9-7-8-10-22;/h16-17H,6-15H2,1-5H3,(H,20,21);1H. The van der Waals surface area contributed by atoms with Crippen LogP contribution >= 0.6 is 24.0 Å². The minimum atomic E-state index is -3.04. The molecule has 0 spiro atoms. The molecule has 2 aliphatic rings. The van der Waals surface area contributed by atoms with Crippen LogP contribution in [0.15, 0.2) is 4.99 Å². The van der Waals surface area contributed by atoms with Crippen molar-refractivity contribution < 1.29 is 8.42 Å². The quantitative estimate of drug-likeness (QED) is 0.336. The summed E-state index contributed by atoms with van der Waals surface area (Å²) < 4.78 is 23.9. The topological polar surface area (TPSA) is 65.0 Å². The first-order valence-electron chi connectivity index (χ1n) is 10.2. The zero-order valence-electron chi connectivity index (χ0n) is 17.7. The molecule has 1 N–H and O–H groups in total. The Hall–Kier alpha value is -0.0900. The first-order valence-corrected chi connectivity index (χ1v) is 11.8. The average Bonchev–Trinajstić information content (AvgIpc) is 3.07. The number of hydrogen-bond donors (Lipinski definition) is 1. The Kier molecular flexibility index (Phi) is 9.81. The van der Waals surface area contributed by atoms with E-state index in [1.54, 1.807) is 0 Å². The molecule has 160 valence electrons. The van der Waals surface area contributed by atoms with Gasteiger partial charge in [0.2, 0.25) is 0 Å². The van der Waals surface area contributed by atoms with Crippen molar-refractivity contribution >= 4 is 39.8 Å². The van der Waals surface area contributed by atoms with Gasteiger partial charge in [-0.05, 0) is 59.0 Å². The van der Waals surface area contributed by atoms with Crippen LogP contribution in [0.4, 0.5) is 0 Å². The van der Waals surface area contributed by atoms with Crippen LogP contribution in [-0.2, 0) is 9.84 Å². The molecule has 0 bridgehead atoms. The van der Waals surface area contributed by atoms with Crippen LogP contribution in [0.25, 0.3) is 0 Å². The number of sulfone groups is 1. The number of nitrogens with one attached hydrogen (secondary N) is 1. The summed E-state index contributed by atoms with van der Waals surface area (Å²) in [6.07, 6.45) is 3.73. The summed E-state index contributed by atoms with van der Waals surface area (Å²) in [6.45, 7) is 15.2. The van der Waals surface area contributed by atoms with E-state index in [1.807, 2.05) is 13.8 Å². The number of likely N-dealkylation sites (tertiary alicyclic amines) is 1. The zero-order valence-corrected chi connectivity index (χ0v) is 20.8. The monoisotopic (exact) mass is 514 g/mol. The Morgan fingerprint density at radius 2 is 1.81 bits per heavy atom. The highest BCUT2D eigenvalue weighted by Crippen LogP contribution is 2.24. The van der Waals surface area contributed by atoms with E-state index in [0.717, 1.165) is 25.5 Å². The van der Waals surface area contributed by atoms with E-state index in [4.69, 9.17) is 4.99 Å². The van der Waals surface area contributed by atoms with Crippen molar-refractivity contribution in [2.45, 2.75) is 64.7 Å². The lowest BCUT2D eigenvalue weighted by Gasteiger charge is -2.39. The Labute approximate surface area is 183 Å². The lowest BCUT2D eigenvalue weighted by Crippen LogP contribution is -2.57. The van der Waals surface area contributed by atoms with Gasteiger partial charge in [-0.2, -0.15) is 0 Å². The molecule has 6 nitrogen and oxygen atoms in total. The lowest BCUT2D eigenvalue weighted by molar-refractivity contribution is 0.217. The van der Waals surface area contributed by atoms with Crippen molar-refractivity contribution in [3.63, 3.8) is 0 Å². The molecule has 2 aliphatic heterocycles. The summed E-state index contributed by atoms with van der Waals surface area (Å²) in [5, 5.41) is 3.38. The van der Waals surface area contributed by atoms with Crippen molar-refractivity contribution in [1.29, 1.82) is 0 Å². The van der Waals surface area contributed by atoms with E-state index in [1.165, 1.54) is 25.9 Å². The molecule has 0 saturated carbocycles. The molecule has 2 heterocycles. The second kappa shape index (κ2) is 10.6. The molecule has 2 rings (SSSR count). The zero-order chi connectivity index (χ0) is 19.4. The van der Waals surface area contributed by atoms with Gasteiger partial charge < -0.3 is 10.2 Å². The number of guanidine groups is 1. The maximum Gasteiger partial charge on any atom is 0.194 e. The van der Waals surface area contributed by atoms with E-state index < -0.39 is 14.6 Å². The van der Waals surface area contributed by atoms with Crippen LogP contribution in [0.3, 0.4) is 0 Å². The van der Waals surface area contributed by atoms with E-state index >= 15 is 0 Å². The third-order valence-corrected chi connectivity index (χ3v) is 8.06. The Bertz CT molecular complexity index is 587. The molecule has 1 unspecified atom stereocenters. The minimum absolute atomic E-state index is 0. The molecular formula is C19H39IN4O2S. The molecular weight excluding hydrogens is 475 g/mol. The second-order valence-electron chi connectivity index (χ2n) is 8.72. The molecule has 0 amide bonds. The molecule has 0 aromatic carbocycles. The molecule has 2 saturated heterocycles. The highest BCUT2D eigenvalue weighted by molar-refractivity contribution is 14.0. The van der Waals surface area contributed by atoms with Gasteiger partial charge in [-0.15, -0.1) is 24.0 Å². The Balaban J connectivity index is 0.00000364. The number of rotatable bonds is 6. The summed E-state index contributed by atoms with van der Waals surface area (Å²) in [5.41, 5.74) is 0. The first-order chi connectivity index (χ1) is 12.2. The van der Waals surface area contributed by atoms with Crippen molar-refractivity contribution in [3.05, 3.63) is 0 Å². The van der Waals surface area contributed by atoms with Crippen LogP contribution in [-0.4, -0.2) is 80.0 Å². The third-order valence-electron chi connectivity index (χ3n) is 5.53. The summed E-state index contributed by atoms with van der Waals surface area (Å²) in [4.78, 5) is 9.65. The summed E-state index contributed by atoms with van der Waals surface area (Å²) in [5.74, 6) is 1.72. The summed E-state index contributed by atoms with van der Waals surface area (Å²) in [6, 6.07) is 0.479. The van der Waals surface area contributed by atoms with Crippen molar-refractivity contribution in [2.75, 3.05) is 45.0 Å². The van der Waals surface area contributed by atoms with Gasteiger partial charge >= 0.3 is 0 Å². The van der Waals surface area contributed by atoms with Crippen LogP contribution in [0.2, 0.25) is 0 Å². The van der Waals surface area contributed by atoms with Crippen LogP contribution in [0, 0.1) is 5.92 Å². The van der Waals surface area contributed by atoms with E-state index in [-0.39, 0.29) is 29.7 Å². The molecule has 0 radical (unpaired) electrons. The minimum Gasteiger partial charge on any atom is -0.357 e. The Morgan fingerprint density at radius 3 is 2.33 bits per heavy atom. The maximum absolute atomic E-state index is 12.3. The van der Waals surface area contributed by atoms with Gasteiger partial charge in [-0.25, -0.2) is 8.42 Å². The largest absolute Gasteiger partial charge is 0.357 e. The fourth-order valence-electron chi connectivity index (χ4n) is 3.93. The Morgan fingerprint density at radius 1 is 1.19 bits per heavy atom. The van der Waals surface area contributed by atoms with Gasteiger partial charge in [0, 0.05) is 25.7 Å². The fourth-order valence-corrected chi connectivity index (χ4v) is 5.30. The van der Waals surface area contributed by atoms with Crippen LogP contribution in [0.1, 0.15) is 53.9 Å². The molecule has 0 aliphatic carbocycles. The fraction of sp³-hybridized carbons (Fsp3) is 0.947. The van der Waals surface area contributed by atoms with E-state index in [9.17, 15) is 8.42 Å². The van der Waals surface area contributed by atoms with Crippen LogP contribution in [0.5, 0.6) is 0 Å². The molecule has 8 heteroatoms. The van der Waals surface area contributed by atoms with Crippen molar-refractivity contribution in [3.8, 4) is 0 Å². The van der Waals surface area contributed by atoms with Gasteiger partial charge in [0.1, 0.15) is 0 Å². The lowest BCUT2D eigenvalue weighted by atomic mass is 10.0. The third kappa shape index (κ3) is 6.73. The second-order valence-corrected chi connectivity index (χ2v) is 11.5. The molecule has 2 fully saturated rings. The summed E-state index contributed by atoms with van der Waals surface area (Å²) in [7, 11) is -3.04. The number of nitrogens with zero attached hydrogens (tertiary/aromatic N) is 3. The van der Waals surface area contributed by atoms with Crippen molar-refractivity contribution in [2.24, 2.45) is 10.9 Å².